The predicted octanol–water partition coefficient (Wildman–Crippen LogP) is 3.16. The van der Waals surface area contributed by atoms with Crippen LogP contribution in [0.1, 0.15) is 28.6 Å². The van der Waals surface area contributed by atoms with Crippen LogP contribution in [0.3, 0.4) is 0 Å². The number of likely N-dealkylation sites (N-methyl/N-ethyl adjacent to an activating group) is 1. The van der Waals surface area contributed by atoms with Gasteiger partial charge in [0, 0.05) is 27.3 Å². The largest absolute Gasteiger partial charge is 0.329 e. The SMILES string of the molecule is Cc1sc(C(CN)N(C)CC2CC2)cc1Br. The minimum atomic E-state index is 0.385. The van der Waals surface area contributed by atoms with Gasteiger partial charge in [0.2, 0.25) is 0 Å². The zero-order valence-electron chi connectivity index (χ0n) is 9.87. The van der Waals surface area contributed by atoms with Crippen LogP contribution >= 0.6 is 27.3 Å². The normalized spacial score (nSPS) is 18.1. The molecular formula is C12H19BrN2S. The summed E-state index contributed by atoms with van der Waals surface area (Å²) in [5, 5.41) is 0. The lowest BCUT2D eigenvalue weighted by Crippen LogP contribution is -2.31. The molecule has 90 valence electrons. The molecular weight excluding hydrogens is 284 g/mol. The average molecular weight is 303 g/mol. The van der Waals surface area contributed by atoms with Gasteiger partial charge in [-0.3, -0.25) is 4.90 Å². The summed E-state index contributed by atoms with van der Waals surface area (Å²) < 4.78 is 1.21. The molecule has 2 rings (SSSR count). The quantitative estimate of drug-likeness (QED) is 0.905. The molecule has 0 amide bonds. The van der Waals surface area contributed by atoms with Crippen molar-refractivity contribution >= 4 is 27.3 Å². The van der Waals surface area contributed by atoms with Crippen molar-refractivity contribution in [1.29, 1.82) is 0 Å². The second kappa shape index (κ2) is 5.17. The van der Waals surface area contributed by atoms with E-state index in [-0.39, 0.29) is 0 Å². The van der Waals surface area contributed by atoms with E-state index < -0.39 is 0 Å². The number of thiophene rings is 1. The van der Waals surface area contributed by atoms with Crippen molar-refractivity contribution in [3.63, 3.8) is 0 Å². The number of rotatable bonds is 5. The first-order chi connectivity index (χ1) is 7.61. The zero-order valence-corrected chi connectivity index (χ0v) is 12.3. The van der Waals surface area contributed by atoms with Crippen LogP contribution in [-0.2, 0) is 0 Å². The van der Waals surface area contributed by atoms with Gasteiger partial charge in [0.25, 0.3) is 0 Å². The minimum Gasteiger partial charge on any atom is -0.329 e. The number of nitrogens with zero attached hydrogens (tertiary/aromatic N) is 1. The van der Waals surface area contributed by atoms with Crippen molar-refractivity contribution in [3.8, 4) is 0 Å². The Balaban J connectivity index is 2.07. The summed E-state index contributed by atoms with van der Waals surface area (Å²) in [4.78, 5) is 5.14. The highest BCUT2D eigenvalue weighted by atomic mass is 79.9. The molecule has 0 saturated heterocycles. The van der Waals surface area contributed by atoms with Crippen LogP contribution in [0.4, 0.5) is 0 Å². The van der Waals surface area contributed by atoms with Gasteiger partial charge >= 0.3 is 0 Å². The Morgan fingerprint density at radius 2 is 2.31 bits per heavy atom. The molecule has 16 heavy (non-hydrogen) atoms. The lowest BCUT2D eigenvalue weighted by atomic mass is 10.2. The van der Waals surface area contributed by atoms with Crippen molar-refractivity contribution in [2.75, 3.05) is 20.1 Å². The van der Waals surface area contributed by atoms with Gasteiger partial charge in [-0.25, -0.2) is 0 Å². The van der Waals surface area contributed by atoms with E-state index in [9.17, 15) is 0 Å². The van der Waals surface area contributed by atoms with E-state index in [2.05, 4.69) is 40.9 Å². The van der Waals surface area contributed by atoms with Crippen molar-refractivity contribution in [3.05, 3.63) is 20.3 Å². The molecule has 1 aromatic rings. The van der Waals surface area contributed by atoms with Crippen LogP contribution in [-0.4, -0.2) is 25.0 Å². The van der Waals surface area contributed by atoms with E-state index in [1.54, 1.807) is 0 Å². The van der Waals surface area contributed by atoms with Gasteiger partial charge in [-0.05, 0) is 54.7 Å². The molecule has 1 unspecified atom stereocenters. The summed E-state index contributed by atoms with van der Waals surface area (Å²) in [5.74, 6) is 0.920. The highest BCUT2D eigenvalue weighted by Crippen LogP contribution is 2.35. The topological polar surface area (TPSA) is 29.3 Å². The Bertz CT molecular complexity index is 340. The maximum atomic E-state index is 5.91. The molecule has 0 aromatic carbocycles. The molecule has 0 bridgehead atoms. The standard InChI is InChI=1S/C12H19BrN2S/c1-8-10(13)5-12(16-8)11(6-14)15(2)7-9-3-4-9/h5,9,11H,3-4,6-7,14H2,1-2H3. The molecule has 1 saturated carbocycles. The number of hydrogen-bond donors (Lipinski definition) is 1. The summed E-state index contributed by atoms with van der Waals surface area (Å²) in [6, 6.07) is 2.61. The molecule has 1 aliphatic rings. The maximum Gasteiger partial charge on any atom is 0.0562 e. The first-order valence-electron chi connectivity index (χ1n) is 5.78. The second-order valence-electron chi connectivity index (χ2n) is 4.69. The van der Waals surface area contributed by atoms with Gasteiger partial charge in [0.1, 0.15) is 0 Å². The zero-order chi connectivity index (χ0) is 11.7. The lowest BCUT2D eigenvalue weighted by molar-refractivity contribution is 0.243. The fraction of sp³-hybridized carbons (Fsp3) is 0.667. The van der Waals surface area contributed by atoms with E-state index in [0.717, 1.165) is 5.92 Å². The van der Waals surface area contributed by atoms with Crippen molar-refractivity contribution in [2.24, 2.45) is 11.7 Å². The van der Waals surface area contributed by atoms with E-state index in [1.807, 2.05) is 11.3 Å². The Labute approximate surface area is 110 Å². The summed E-state index contributed by atoms with van der Waals surface area (Å²) >= 11 is 5.43. The first kappa shape index (κ1) is 12.6. The Kier molecular flexibility index (Phi) is 4.06. The summed E-state index contributed by atoms with van der Waals surface area (Å²) in [7, 11) is 2.19. The third-order valence-electron chi connectivity index (χ3n) is 3.20. The second-order valence-corrected chi connectivity index (χ2v) is 6.83. The predicted molar refractivity (Wildman–Crippen MR) is 73.9 cm³/mol. The monoisotopic (exact) mass is 302 g/mol. The average Bonchev–Trinajstić information content (AvgIpc) is 2.96. The Hall–Kier alpha value is 0.100. The fourth-order valence-corrected chi connectivity index (χ4v) is 3.73. The van der Waals surface area contributed by atoms with Gasteiger partial charge in [-0.2, -0.15) is 0 Å². The number of hydrogen-bond acceptors (Lipinski definition) is 3. The Morgan fingerprint density at radius 1 is 1.62 bits per heavy atom. The number of nitrogens with two attached hydrogens (primary N) is 1. The minimum absolute atomic E-state index is 0.385. The number of aryl methyl sites for hydroxylation is 1. The third kappa shape index (κ3) is 2.86. The van der Waals surface area contributed by atoms with Crippen LogP contribution in [0.25, 0.3) is 0 Å². The summed E-state index contributed by atoms with van der Waals surface area (Å²) in [6.07, 6.45) is 2.80. The van der Waals surface area contributed by atoms with E-state index in [4.69, 9.17) is 5.73 Å². The Morgan fingerprint density at radius 3 is 2.75 bits per heavy atom. The summed E-state index contributed by atoms with van der Waals surface area (Å²) in [6.45, 7) is 4.04. The van der Waals surface area contributed by atoms with Crippen molar-refractivity contribution < 1.29 is 0 Å². The van der Waals surface area contributed by atoms with E-state index in [1.165, 1.54) is 33.6 Å². The fourth-order valence-electron chi connectivity index (χ4n) is 1.99. The van der Waals surface area contributed by atoms with Gasteiger partial charge in [0.05, 0.1) is 6.04 Å². The molecule has 1 atom stereocenters. The van der Waals surface area contributed by atoms with Gasteiger partial charge < -0.3 is 5.73 Å². The van der Waals surface area contributed by atoms with E-state index in [0.29, 0.717) is 12.6 Å². The lowest BCUT2D eigenvalue weighted by Gasteiger charge is -2.25. The molecule has 1 aliphatic carbocycles. The van der Waals surface area contributed by atoms with E-state index >= 15 is 0 Å². The van der Waals surface area contributed by atoms with Gasteiger partial charge in [-0.1, -0.05) is 0 Å². The van der Waals surface area contributed by atoms with Crippen molar-refractivity contribution in [2.45, 2.75) is 25.8 Å². The molecule has 2 N–H and O–H groups in total. The summed E-state index contributed by atoms with van der Waals surface area (Å²) in [5.41, 5.74) is 5.91. The van der Waals surface area contributed by atoms with Gasteiger partial charge in [-0.15, -0.1) is 11.3 Å². The molecule has 0 radical (unpaired) electrons. The van der Waals surface area contributed by atoms with Crippen molar-refractivity contribution in [1.82, 2.24) is 4.90 Å². The first-order valence-corrected chi connectivity index (χ1v) is 7.39. The van der Waals surface area contributed by atoms with Crippen LogP contribution in [0.2, 0.25) is 0 Å². The molecule has 2 nitrogen and oxygen atoms in total. The molecule has 0 spiro atoms. The molecule has 1 fully saturated rings. The third-order valence-corrected chi connectivity index (χ3v) is 5.44. The maximum absolute atomic E-state index is 5.91. The molecule has 1 aromatic heterocycles. The molecule has 1 heterocycles. The molecule has 4 heteroatoms. The highest BCUT2D eigenvalue weighted by Gasteiger charge is 2.27. The van der Waals surface area contributed by atoms with Gasteiger partial charge in [0.15, 0.2) is 0 Å². The van der Waals surface area contributed by atoms with Crippen LogP contribution in [0, 0.1) is 12.8 Å². The van der Waals surface area contributed by atoms with Crippen LogP contribution in [0.5, 0.6) is 0 Å². The van der Waals surface area contributed by atoms with Crippen LogP contribution < -0.4 is 5.73 Å². The molecule has 0 aliphatic heterocycles. The smallest absolute Gasteiger partial charge is 0.0562 e. The van der Waals surface area contributed by atoms with Crippen LogP contribution in [0.15, 0.2) is 10.5 Å². The number of halogens is 1. The highest BCUT2D eigenvalue weighted by molar-refractivity contribution is 9.10.